The highest BCUT2D eigenvalue weighted by Gasteiger charge is 2.18. The number of rotatable bonds is 9. The molecule has 2 N–H and O–H groups in total. The molecule has 0 heterocycles. The third-order valence-electron chi connectivity index (χ3n) is 4.19. The molecule has 30 heavy (non-hydrogen) atoms. The number of ether oxygens (including phenoxy) is 2. The average molecular weight is 426 g/mol. The molecule has 0 bridgehead atoms. The van der Waals surface area contributed by atoms with Gasteiger partial charge >= 0.3 is 0 Å². The number of sulfonamides is 1. The lowest BCUT2D eigenvalue weighted by Gasteiger charge is -2.13. The molecule has 0 radical (unpaired) electrons. The van der Waals surface area contributed by atoms with E-state index in [1.165, 1.54) is 12.1 Å². The van der Waals surface area contributed by atoms with Crippen molar-refractivity contribution >= 4 is 21.6 Å². The maximum Gasteiger partial charge on any atom is 0.261 e. The van der Waals surface area contributed by atoms with E-state index in [1.807, 2.05) is 0 Å². The molecule has 0 aromatic heterocycles. The van der Waals surface area contributed by atoms with Crippen molar-refractivity contribution in [2.45, 2.75) is 4.90 Å². The van der Waals surface area contributed by atoms with E-state index in [4.69, 9.17) is 9.47 Å². The predicted octanol–water partition coefficient (Wildman–Crippen LogP) is 3.30. The Hall–Kier alpha value is -3.52. The van der Waals surface area contributed by atoms with Crippen molar-refractivity contribution in [1.29, 1.82) is 0 Å². The van der Waals surface area contributed by atoms with E-state index in [9.17, 15) is 13.2 Å². The van der Waals surface area contributed by atoms with Crippen LogP contribution in [0.1, 0.15) is 10.4 Å². The number of benzene rings is 3. The molecular weight excluding hydrogens is 404 g/mol. The van der Waals surface area contributed by atoms with Crippen molar-refractivity contribution in [2.75, 3.05) is 25.0 Å². The van der Waals surface area contributed by atoms with Crippen molar-refractivity contribution in [3.8, 4) is 11.5 Å². The fourth-order valence-corrected chi connectivity index (χ4v) is 3.77. The van der Waals surface area contributed by atoms with Crippen LogP contribution in [0.2, 0.25) is 0 Å². The van der Waals surface area contributed by atoms with Crippen LogP contribution >= 0.6 is 0 Å². The first-order valence-electron chi connectivity index (χ1n) is 9.21. The van der Waals surface area contributed by atoms with Crippen LogP contribution in [-0.4, -0.2) is 34.6 Å². The molecule has 1 amide bonds. The van der Waals surface area contributed by atoms with Gasteiger partial charge in [0.1, 0.15) is 18.1 Å². The zero-order valence-corrected chi connectivity index (χ0v) is 17.2. The Balaban J connectivity index is 1.60. The van der Waals surface area contributed by atoms with Gasteiger partial charge in [0.15, 0.2) is 0 Å². The van der Waals surface area contributed by atoms with Gasteiger partial charge in [-0.05, 0) is 48.5 Å². The normalized spacial score (nSPS) is 10.8. The van der Waals surface area contributed by atoms with E-state index in [0.29, 0.717) is 5.75 Å². The van der Waals surface area contributed by atoms with E-state index < -0.39 is 15.9 Å². The topological polar surface area (TPSA) is 93.7 Å². The molecule has 0 atom stereocenters. The molecular formula is C22H22N2O5S. The number of carbonyl (C=O) groups is 1. The maximum absolute atomic E-state index is 12.6. The molecule has 0 unspecified atom stereocenters. The zero-order chi connectivity index (χ0) is 21.4. The minimum Gasteiger partial charge on any atom is -0.497 e. The number of amides is 1. The molecule has 8 heteroatoms. The monoisotopic (exact) mass is 426 g/mol. The minimum atomic E-state index is -3.80. The summed E-state index contributed by atoms with van der Waals surface area (Å²) in [5, 5.41) is 2.73. The van der Waals surface area contributed by atoms with Crippen molar-refractivity contribution in [2.24, 2.45) is 0 Å². The summed E-state index contributed by atoms with van der Waals surface area (Å²) >= 11 is 0. The van der Waals surface area contributed by atoms with Gasteiger partial charge in [-0.25, -0.2) is 8.42 Å². The smallest absolute Gasteiger partial charge is 0.261 e. The Morgan fingerprint density at radius 3 is 2.20 bits per heavy atom. The van der Waals surface area contributed by atoms with Gasteiger partial charge in [0.2, 0.25) is 0 Å². The first-order chi connectivity index (χ1) is 14.5. The standard InChI is InChI=1S/C22H22N2O5S/c1-28-17-11-13-18(14-12-17)29-16-15-23-22(25)20-9-5-6-10-21(20)24-30(26,27)19-7-3-2-4-8-19/h2-14,24H,15-16H2,1H3,(H,23,25). The first-order valence-corrected chi connectivity index (χ1v) is 10.7. The summed E-state index contributed by atoms with van der Waals surface area (Å²) in [4.78, 5) is 12.7. The highest BCUT2D eigenvalue weighted by atomic mass is 32.2. The number of methoxy groups -OCH3 is 1. The summed E-state index contributed by atoms with van der Waals surface area (Å²) < 4.78 is 38.3. The molecule has 156 valence electrons. The van der Waals surface area contributed by atoms with Gasteiger partial charge in [0.05, 0.1) is 29.8 Å². The first kappa shape index (κ1) is 21.2. The summed E-state index contributed by atoms with van der Waals surface area (Å²) in [6.45, 7) is 0.514. The van der Waals surface area contributed by atoms with Crippen LogP contribution in [0.3, 0.4) is 0 Å². The summed E-state index contributed by atoms with van der Waals surface area (Å²) in [5.74, 6) is 0.978. The molecule has 0 aliphatic heterocycles. The fraction of sp³-hybridized carbons (Fsp3) is 0.136. The van der Waals surface area contributed by atoms with Gasteiger partial charge in [-0.15, -0.1) is 0 Å². The number of hydrogen-bond acceptors (Lipinski definition) is 5. The third-order valence-corrected chi connectivity index (χ3v) is 5.57. The summed E-state index contributed by atoms with van der Waals surface area (Å²) in [5.41, 5.74) is 0.427. The Bertz CT molecular complexity index is 1080. The van der Waals surface area contributed by atoms with Crippen LogP contribution in [0.15, 0.2) is 83.8 Å². The van der Waals surface area contributed by atoms with E-state index in [-0.39, 0.29) is 29.3 Å². The van der Waals surface area contributed by atoms with Crippen LogP contribution in [0.4, 0.5) is 5.69 Å². The summed E-state index contributed by atoms with van der Waals surface area (Å²) in [6.07, 6.45) is 0. The zero-order valence-electron chi connectivity index (χ0n) is 16.4. The van der Waals surface area contributed by atoms with Crippen molar-refractivity contribution in [3.63, 3.8) is 0 Å². The quantitative estimate of drug-likeness (QED) is 0.512. The van der Waals surface area contributed by atoms with Crippen molar-refractivity contribution in [3.05, 3.63) is 84.4 Å². The molecule has 0 spiro atoms. The van der Waals surface area contributed by atoms with E-state index in [2.05, 4.69) is 10.0 Å². The summed E-state index contributed by atoms with van der Waals surface area (Å²) in [6, 6.07) is 21.5. The van der Waals surface area contributed by atoms with Crippen LogP contribution in [0.25, 0.3) is 0 Å². The van der Waals surface area contributed by atoms with Crippen LogP contribution < -0.4 is 19.5 Å². The van der Waals surface area contributed by atoms with Gasteiger partial charge in [0.25, 0.3) is 15.9 Å². The average Bonchev–Trinajstić information content (AvgIpc) is 2.77. The van der Waals surface area contributed by atoms with Gasteiger partial charge in [0, 0.05) is 0 Å². The lowest BCUT2D eigenvalue weighted by molar-refractivity contribution is 0.0948. The number of hydrogen-bond donors (Lipinski definition) is 2. The Morgan fingerprint density at radius 2 is 1.50 bits per heavy atom. The Morgan fingerprint density at radius 1 is 0.867 bits per heavy atom. The van der Waals surface area contributed by atoms with E-state index in [1.54, 1.807) is 73.8 Å². The fourth-order valence-electron chi connectivity index (χ4n) is 2.67. The molecule has 3 aromatic carbocycles. The van der Waals surface area contributed by atoms with Crippen LogP contribution in [0, 0.1) is 0 Å². The molecule has 3 aromatic rings. The molecule has 0 aliphatic rings. The second kappa shape index (κ2) is 9.80. The number of anilines is 1. The largest absolute Gasteiger partial charge is 0.497 e. The lowest BCUT2D eigenvalue weighted by atomic mass is 10.1. The van der Waals surface area contributed by atoms with Crippen LogP contribution in [0.5, 0.6) is 11.5 Å². The molecule has 0 fully saturated rings. The maximum atomic E-state index is 12.6. The molecule has 7 nitrogen and oxygen atoms in total. The second-order valence-corrected chi connectivity index (χ2v) is 7.93. The molecule has 0 aliphatic carbocycles. The third kappa shape index (κ3) is 5.51. The highest BCUT2D eigenvalue weighted by Crippen LogP contribution is 2.20. The lowest BCUT2D eigenvalue weighted by Crippen LogP contribution is -2.29. The summed E-state index contributed by atoms with van der Waals surface area (Å²) in [7, 11) is -2.21. The van der Waals surface area contributed by atoms with Gasteiger partial charge < -0.3 is 14.8 Å². The Labute approximate surface area is 175 Å². The van der Waals surface area contributed by atoms with E-state index in [0.717, 1.165) is 5.75 Å². The van der Waals surface area contributed by atoms with Gasteiger partial charge in [-0.3, -0.25) is 9.52 Å². The van der Waals surface area contributed by atoms with E-state index >= 15 is 0 Å². The van der Waals surface area contributed by atoms with Gasteiger partial charge in [-0.1, -0.05) is 30.3 Å². The SMILES string of the molecule is COc1ccc(OCCNC(=O)c2ccccc2NS(=O)(=O)c2ccccc2)cc1. The number of para-hydroxylation sites is 1. The van der Waals surface area contributed by atoms with Crippen molar-refractivity contribution in [1.82, 2.24) is 5.32 Å². The van der Waals surface area contributed by atoms with Crippen LogP contribution in [-0.2, 0) is 10.0 Å². The number of nitrogens with one attached hydrogen (secondary N) is 2. The molecule has 3 rings (SSSR count). The highest BCUT2D eigenvalue weighted by molar-refractivity contribution is 7.92. The second-order valence-electron chi connectivity index (χ2n) is 6.24. The predicted molar refractivity (Wildman–Crippen MR) is 115 cm³/mol. The Kier molecular flexibility index (Phi) is 6.92. The van der Waals surface area contributed by atoms with Gasteiger partial charge in [-0.2, -0.15) is 0 Å². The molecule has 0 saturated carbocycles. The number of carbonyl (C=O) groups excluding carboxylic acids is 1. The molecule has 0 saturated heterocycles. The van der Waals surface area contributed by atoms with Crippen molar-refractivity contribution < 1.29 is 22.7 Å². The minimum absolute atomic E-state index is 0.119.